The first-order valence-electron chi connectivity index (χ1n) is 4.15. The van der Waals surface area contributed by atoms with Crippen molar-refractivity contribution in [3.8, 4) is 0 Å². The molecule has 3 aromatic heterocycles. The zero-order valence-corrected chi connectivity index (χ0v) is 9.05. The maximum absolute atomic E-state index is 4.18. The number of hydrogen-bond donors (Lipinski definition) is 1. The van der Waals surface area contributed by atoms with Crippen LogP contribution in [0.5, 0.6) is 0 Å². The van der Waals surface area contributed by atoms with Crippen LogP contribution in [0.3, 0.4) is 0 Å². The molecule has 0 amide bonds. The Morgan fingerprint density at radius 3 is 3.07 bits per heavy atom. The smallest absolute Gasteiger partial charge is 0.211 e. The van der Waals surface area contributed by atoms with E-state index >= 15 is 0 Å². The zero-order chi connectivity index (χ0) is 10.1. The van der Waals surface area contributed by atoms with Crippen LogP contribution in [0.1, 0.15) is 0 Å². The molecule has 0 saturated carbocycles. The first kappa shape index (κ1) is 8.69. The number of thiophene rings is 1. The van der Waals surface area contributed by atoms with E-state index in [0.29, 0.717) is 0 Å². The second kappa shape index (κ2) is 3.52. The van der Waals surface area contributed by atoms with Gasteiger partial charge in [0.25, 0.3) is 0 Å². The molecule has 3 heterocycles. The fourth-order valence-corrected chi connectivity index (χ4v) is 2.40. The highest BCUT2D eigenvalue weighted by Gasteiger charge is 2.05. The summed E-state index contributed by atoms with van der Waals surface area (Å²) < 4.78 is 0. The van der Waals surface area contributed by atoms with E-state index in [1.807, 2.05) is 11.4 Å². The highest BCUT2D eigenvalue weighted by Crippen LogP contribution is 2.26. The Bertz CT molecular complexity index is 574. The molecular formula is C8H5N5S2. The van der Waals surface area contributed by atoms with E-state index in [4.69, 9.17) is 0 Å². The van der Waals surface area contributed by atoms with Crippen LogP contribution >= 0.6 is 22.7 Å². The van der Waals surface area contributed by atoms with Crippen molar-refractivity contribution in [2.45, 2.75) is 0 Å². The fraction of sp³-hybridized carbons (Fsp3) is 0. The van der Waals surface area contributed by atoms with Gasteiger partial charge in [0.05, 0.1) is 5.39 Å². The summed E-state index contributed by atoms with van der Waals surface area (Å²) in [4.78, 5) is 9.31. The van der Waals surface area contributed by atoms with E-state index in [1.54, 1.807) is 23.2 Å². The van der Waals surface area contributed by atoms with Gasteiger partial charge in [-0.25, -0.2) is 9.97 Å². The normalized spacial score (nSPS) is 10.7. The van der Waals surface area contributed by atoms with Crippen LogP contribution in [-0.4, -0.2) is 20.2 Å². The minimum atomic E-state index is 0.737. The maximum atomic E-state index is 4.18. The number of nitrogens with zero attached hydrogens (tertiary/aromatic N) is 4. The molecule has 3 aromatic rings. The van der Waals surface area contributed by atoms with Crippen LogP contribution in [-0.2, 0) is 0 Å². The van der Waals surface area contributed by atoms with Gasteiger partial charge >= 0.3 is 0 Å². The molecule has 0 bridgehead atoms. The van der Waals surface area contributed by atoms with Gasteiger partial charge in [0.2, 0.25) is 5.13 Å². The highest BCUT2D eigenvalue weighted by molar-refractivity contribution is 7.16. The number of anilines is 2. The van der Waals surface area contributed by atoms with Crippen LogP contribution in [0.15, 0.2) is 23.3 Å². The molecule has 0 saturated heterocycles. The van der Waals surface area contributed by atoms with Crippen LogP contribution < -0.4 is 5.32 Å². The fourth-order valence-electron chi connectivity index (χ4n) is 1.22. The Balaban J connectivity index is 2.07. The SMILES string of the molecule is c1nc(Nc2nncs2)c2ccsc2n1. The lowest BCUT2D eigenvalue weighted by Gasteiger charge is -2.00. The number of fused-ring (bicyclic) bond motifs is 1. The molecule has 0 atom stereocenters. The van der Waals surface area contributed by atoms with Crippen molar-refractivity contribution < 1.29 is 0 Å². The molecule has 0 aliphatic heterocycles. The molecular weight excluding hydrogens is 230 g/mol. The van der Waals surface area contributed by atoms with E-state index in [9.17, 15) is 0 Å². The predicted octanol–water partition coefficient (Wildman–Crippen LogP) is 2.29. The first-order chi connectivity index (χ1) is 7.43. The van der Waals surface area contributed by atoms with Gasteiger partial charge in [-0.2, -0.15) is 0 Å². The standard InChI is InChI=1S/C8H5N5S2/c1-2-14-7-5(1)6(9-3-10-7)12-8-13-11-4-15-8/h1-4H,(H,9,10,12,13). The third kappa shape index (κ3) is 1.55. The molecule has 0 aliphatic rings. The van der Waals surface area contributed by atoms with Gasteiger partial charge in [0.15, 0.2) is 0 Å². The quantitative estimate of drug-likeness (QED) is 0.738. The van der Waals surface area contributed by atoms with Crippen molar-refractivity contribution in [1.29, 1.82) is 0 Å². The van der Waals surface area contributed by atoms with Crippen LogP contribution in [0, 0.1) is 0 Å². The van der Waals surface area contributed by atoms with E-state index in [1.165, 1.54) is 11.3 Å². The van der Waals surface area contributed by atoms with Crippen molar-refractivity contribution in [3.63, 3.8) is 0 Å². The van der Waals surface area contributed by atoms with Gasteiger partial charge in [-0.05, 0) is 11.4 Å². The lowest BCUT2D eigenvalue weighted by atomic mass is 10.4. The van der Waals surface area contributed by atoms with Gasteiger partial charge in [0.1, 0.15) is 22.5 Å². The Kier molecular flexibility index (Phi) is 2.04. The van der Waals surface area contributed by atoms with E-state index in [2.05, 4.69) is 25.5 Å². The van der Waals surface area contributed by atoms with Crippen molar-refractivity contribution in [3.05, 3.63) is 23.3 Å². The molecule has 0 aromatic carbocycles. The lowest BCUT2D eigenvalue weighted by molar-refractivity contribution is 1.09. The summed E-state index contributed by atoms with van der Waals surface area (Å²) in [6.45, 7) is 0. The van der Waals surface area contributed by atoms with Crippen LogP contribution in [0.25, 0.3) is 10.2 Å². The first-order valence-corrected chi connectivity index (χ1v) is 5.91. The second-order valence-corrected chi connectivity index (χ2v) is 4.46. The van der Waals surface area contributed by atoms with Gasteiger partial charge in [-0.1, -0.05) is 11.3 Å². The Morgan fingerprint density at radius 2 is 2.20 bits per heavy atom. The topological polar surface area (TPSA) is 63.6 Å². The zero-order valence-electron chi connectivity index (χ0n) is 7.41. The minimum absolute atomic E-state index is 0.737. The van der Waals surface area contributed by atoms with Crippen molar-refractivity contribution >= 4 is 43.8 Å². The summed E-state index contributed by atoms with van der Waals surface area (Å²) in [5.74, 6) is 0.776. The second-order valence-electron chi connectivity index (χ2n) is 2.73. The molecule has 0 radical (unpaired) electrons. The summed E-state index contributed by atoms with van der Waals surface area (Å²) in [5.41, 5.74) is 1.67. The lowest BCUT2D eigenvalue weighted by Crippen LogP contribution is -1.93. The summed E-state index contributed by atoms with van der Waals surface area (Å²) in [5, 5.41) is 14.5. The Morgan fingerprint density at radius 1 is 1.20 bits per heavy atom. The maximum Gasteiger partial charge on any atom is 0.211 e. The van der Waals surface area contributed by atoms with E-state index < -0.39 is 0 Å². The minimum Gasteiger partial charge on any atom is -0.314 e. The van der Waals surface area contributed by atoms with Gasteiger partial charge in [0, 0.05) is 0 Å². The average molecular weight is 235 g/mol. The van der Waals surface area contributed by atoms with Gasteiger partial charge < -0.3 is 5.32 Å². The Labute approximate surface area is 92.8 Å². The predicted molar refractivity (Wildman–Crippen MR) is 60.6 cm³/mol. The van der Waals surface area contributed by atoms with E-state index in [0.717, 1.165) is 21.2 Å². The number of aromatic nitrogens is 4. The number of nitrogens with one attached hydrogen (secondary N) is 1. The number of hydrogen-bond acceptors (Lipinski definition) is 7. The number of rotatable bonds is 2. The van der Waals surface area contributed by atoms with Crippen LogP contribution in [0.2, 0.25) is 0 Å². The third-order valence-corrected chi connectivity index (χ3v) is 3.27. The largest absolute Gasteiger partial charge is 0.314 e. The summed E-state index contributed by atoms with van der Waals surface area (Å²) in [7, 11) is 0. The molecule has 0 fully saturated rings. The van der Waals surface area contributed by atoms with Crippen molar-refractivity contribution in [2.75, 3.05) is 5.32 Å². The summed E-state index contributed by atoms with van der Waals surface area (Å²) >= 11 is 3.03. The average Bonchev–Trinajstić information content (AvgIpc) is 2.87. The summed E-state index contributed by atoms with van der Waals surface area (Å²) in [6, 6.07) is 1.99. The Hall–Kier alpha value is -1.60. The molecule has 5 nitrogen and oxygen atoms in total. The van der Waals surface area contributed by atoms with Gasteiger partial charge in [-0.15, -0.1) is 21.5 Å². The van der Waals surface area contributed by atoms with Crippen LogP contribution in [0.4, 0.5) is 10.9 Å². The molecule has 74 valence electrons. The highest BCUT2D eigenvalue weighted by atomic mass is 32.1. The van der Waals surface area contributed by atoms with Crippen molar-refractivity contribution in [2.24, 2.45) is 0 Å². The van der Waals surface area contributed by atoms with Gasteiger partial charge in [-0.3, -0.25) is 0 Å². The molecule has 15 heavy (non-hydrogen) atoms. The van der Waals surface area contributed by atoms with E-state index in [-0.39, 0.29) is 0 Å². The summed E-state index contributed by atoms with van der Waals surface area (Å²) in [6.07, 6.45) is 1.54. The molecule has 3 rings (SSSR count). The molecule has 1 N–H and O–H groups in total. The van der Waals surface area contributed by atoms with Crippen molar-refractivity contribution in [1.82, 2.24) is 20.2 Å². The molecule has 0 aliphatic carbocycles. The molecule has 0 unspecified atom stereocenters. The molecule has 7 heteroatoms. The molecule has 0 spiro atoms. The monoisotopic (exact) mass is 235 g/mol. The third-order valence-electron chi connectivity index (χ3n) is 1.85.